The van der Waals surface area contributed by atoms with E-state index in [9.17, 15) is 8.42 Å². The van der Waals surface area contributed by atoms with Crippen molar-refractivity contribution in [1.82, 2.24) is 9.97 Å². The van der Waals surface area contributed by atoms with Crippen LogP contribution in [0.15, 0.2) is 23.1 Å². The quantitative estimate of drug-likeness (QED) is 0.812. The molecule has 0 aliphatic rings. The van der Waals surface area contributed by atoms with E-state index in [2.05, 4.69) is 9.97 Å². The van der Waals surface area contributed by atoms with Crippen LogP contribution in [0.3, 0.4) is 0 Å². The van der Waals surface area contributed by atoms with Crippen LogP contribution in [-0.4, -0.2) is 37.7 Å². The van der Waals surface area contributed by atoms with Gasteiger partial charge in [0.1, 0.15) is 5.82 Å². The molecule has 0 atom stereocenters. The first kappa shape index (κ1) is 15.0. The van der Waals surface area contributed by atoms with Crippen molar-refractivity contribution in [3.8, 4) is 0 Å². The zero-order chi connectivity index (χ0) is 14.9. The first-order valence-electron chi connectivity index (χ1n) is 6.30. The standard InChI is InChI=1S/C13H16ClN3O2S/c1-4-17(3)12-10-7-6-9(20(18,19)5-2)8-11(10)15-13(14)16-12/h6-8H,4-5H2,1-3H3. The largest absolute Gasteiger partial charge is 0.359 e. The highest BCUT2D eigenvalue weighted by Gasteiger charge is 2.15. The van der Waals surface area contributed by atoms with Gasteiger partial charge in [0.25, 0.3) is 0 Å². The molecule has 5 nitrogen and oxygen atoms in total. The molecule has 0 radical (unpaired) electrons. The third-order valence-corrected chi connectivity index (χ3v) is 5.10. The molecule has 0 aliphatic heterocycles. The Morgan fingerprint density at radius 3 is 2.55 bits per heavy atom. The second-order valence-corrected chi connectivity index (χ2v) is 7.03. The molecule has 108 valence electrons. The number of hydrogen-bond donors (Lipinski definition) is 0. The van der Waals surface area contributed by atoms with E-state index in [0.29, 0.717) is 11.3 Å². The Morgan fingerprint density at radius 2 is 1.95 bits per heavy atom. The summed E-state index contributed by atoms with van der Waals surface area (Å²) in [6, 6.07) is 4.87. The Hall–Kier alpha value is -1.40. The van der Waals surface area contributed by atoms with Crippen molar-refractivity contribution in [2.75, 3.05) is 24.2 Å². The number of rotatable bonds is 4. The summed E-state index contributed by atoms with van der Waals surface area (Å²) in [5.41, 5.74) is 0.537. The van der Waals surface area contributed by atoms with Gasteiger partial charge in [-0.25, -0.2) is 13.4 Å². The highest BCUT2D eigenvalue weighted by Crippen LogP contribution is 2.27. The van der Waals surface area contributed by atoms with E-state index in [-0.39, 0.29) is 15.9 Å². The van der Waals surface area contributed by atoms with E-state index in [1.807, 2.05) is 18.9 Å². The van der Waals surface area contributed by atoms with Crippen molar-refractivity contribution in [2.45, 2.75) is 18.7 Å². The topological polar surface area (TPSA) is 63.2 Å². The van der Waals surface area contributed by atoms with Gasteiger partial charge in [-0.2, -0.15) is 4.98 Å². The molecule has 0 saturated carbocycles. The van der Waals surface area contributed by atoms with Crippen molar-refractivity contribution >= 4 is 38.2 Å². The molecule has 1 aromatic carbocycles. The first-order chi connectivity index (χ1) is 9.39. The number of halogens is 1. The van der Waals surface area contributed by atoms with Crippen LogP contribution < -0.4 is 4.90 Å². The molecule has 0 unspecified atom stereocenters. The van der Waals surface area contributed by atoms with Crippen LogP contribution in [0.2, 0.25) is 5.28 Å². The van der Waals surface area contributed by atoms with Gasteiger partial charge in [0.15, 0.2) is 9.84 Å². The Kier molecular flexibility index (Phi) is 4.15. The number of aromatic nitrogens is 2. The van der Waals surface area contributed by atoms with E-state index in [1.54, 1.807) is 25.1 Å². The number of nitrogens with zero attached hydrogens (tertiary/aromatic N) is 3. The molecule has 0 bridgehead atoms. The molecule has 2 aromatic rings. The minimum atomic E-state index is -3.26. The summed E-state index contributed by atoms with van der Waals surface area (Å²) >= 11 is 5.93. The predicted molar refractivity (Wildman–Crippen MR) is 81.2 cm³/mol. The molecule has 0 saturated heterocycles. The van der Waals surface area contributed by atoms with Crippen molar-refractivity contribution < 1.29 is 8.42 Å². The highest BCUT2D eigenvalue weighted by molar-refractivity contribution is 7.91. The molecular weight excluding hydrogens is 298 g/mol. The van der Waals surface area contributed by atoms with E-state index in [1.165, 1.54) is 0 Å². The highest BCUT2D eigenvalue weighted by atomic mass is 35.5. The monoisotopic (exact) mass is 313 g/mol. The van der Waals surface area contributed by atoms with Crippen LogP contribution in [0.1, 0.15) is 13.8 Å². The van der Waals surface area contributed by atoms with E-state index in [4.69, 9.17) is 11.6 Å². The van der Waals surface area contributed by atoms with E-state index < -0.39 is 9.84 Å². The van der Waals surface area contributed by atoms with Crippen LogP contribution in [0, 0.1) is 0 Å². The Morgan fingerprint density at radius 1 is 1.25 bits per heavy atom. The molecular formula is C13H16ClN3O2S. The fourth-order valence-electron chi connectivity index (χ4n) is 1.87. The van der Waals surface area contributed by atoms with Gasteiger partial charge in [-0.3, -0.25) is 0 Å². The van der Waals surface area contributed by atoms with Gasteiger partial charge in [-0.1, -0.05) is 6.92 Å². The third kappa shape index (κ3) is 2.71. The SMILES string of the molecule is CCN(C)c1nc(Cl)nc2cc(S(=O)(=O)CC)ccc12. The zero-order valence-corrected chi connectivity index (χ0v) is 13.2. The van der Waals surface area contributed by atoms with Crippen molar-refractivity contribution in [2.24, 2.45) is 0 Å². The van der Waals surface area contributed by atoms with Crippen LogP contribution >= 0.6 is 11.6 Å². The number of hydrogen-bond acceptors (Lipinski definition) is 5. The fraction of sp³-hybridized carbons (Fsp3) is 0.385. The van der Waals surface area contributed by atoms with E-state index >= 15 is 0 Å². The lowest BCUT2D eigenvalue weighted by Crippen LogP contribution is -2.18. The fourth-order valence-corrected chi connectivity index (χ4v) is 2.94. The minimum Gasteiger partial charge on any atom is -0.359 e. The summed E-state index contributed by atoms with van der Waals surface area (Å²) in [5.74, 6) is 0.752. The molecule has 1 heterocycles. The molecule has 0 amide bonds. The van der Waals surface area contributed by atoms with Gasteiger partial charge < -0.3 is 4.90 Å². The number of anilines is 1. The molecule has 7 heteroatoms. The summed E-state index contributed by atoms with van der Waals surface area (Å²) in [5, 5.41) is 0.896. The molecule has 20 heavy (non-hydrogen) atoms. The van der Waals surface area contributed by atoms with Crippen LogP contribution in [0.5, 0.6) is 0 Å². The average molecular weight is 314 g/mol. The maximum atomic E-state index is 11.9. The summed E-state index contributed by atoms with van der Waals surface area (Å²) < 4.78 is 23.8. The van der Waals surface area contributed by atoms with Gasteiger partial charge in [0.05, 0.1) is 16.2 Å². The second-order valence-electron chi connectivity index (χ2n) is 4.41. The molecule has 1 aromatic heterocycles. The lowest BCUT2D eigenvalue weighted by Gasteiger charge is -2.17. The molecule has 0 fully saturated rings. The second kappa shape index (κ2) is 5.54. The maximum Gasteiger partial charge on any atom is 0.224 e. The predicted octanol–water partition coefficient (Wildman–Crippen LogP) is 2.53. The Bertz CT molecular complexity index is 747. The number of fused-ring (bicyclic) bond motifs is 1. The summed E-state index contributed by atoms with van der Waals surface area (Å²) in [7, 11) is -1.36. The number of benzene rings is 1. The van der Waals surface area contributed by atoms with Gasteiger partial charge in [0.2, 0.25) is 5.28 Å². The first-order valence-corrected chi connectivity index (χ1v) is 8.33. The summed E-state index contributed by atoms with van der Waals surface area (Å²) in [6.07, 6.45) is 0. The van der Waals surface area contributed by atoms with Crippen LogP contribution in [0.25, 0.3) is 10.9 Å². The summed E-state index contributed by atoms with van der Waals surface area (Å²) in [4.78, 5) is 10.5. The van der Waals surface area contributed by atoms with Crippen molar-refractivity contribution in [1.29, 1.82) is 0 Å². The zero-order valence-electron chi connectivity index (χ0n) is 11.6. The normalized spacial score (nSPS) is 11.8. The number of sulfone groups is 1. The maximum absolute atomic E-state index is 11.9. The molecule has 0 spiro atoms. The van der Waals surface area contributed by atoms with Crippen LogP contribution in [0.4, 0.5) is 5.82 Å². The van der Waals surface area contributed by atoms with Gasteiger partial charge >= 0.3 is 0 Å². The smallest absolute Gasteiger partial charge is 0.224 e. The van der Waals surface area contributed by atoms with Gasteiger partial charge in [0, 0.05) is 19.0 Å². The average Bonchev–Trinajstić information content (AvgIpc) is 2.44. The minimum absolute atomic E-state index is 0.0546. The van der Waals surface area contributed by atoms with E-state index in [0.717, 1.165) is 11.9 Å². The lowest BCUT2D eigenvalue weighted by molar-refractivity contribution is 0.597. The molecule has 0 N–H and O–H groups in total. The third-order valence-electron chi connectivity index (χ3n) is 3.20. The van der Waals surface area contributed by atoms with Gasteiger partial charge in [-0.15, -0.1) is 0 Å². The van der Waals surface area contributed by atoms with Gasteiger partial charge in [-0.05, 0) is 36.7 Å². The van der Waals surface area contributed by atoms with Crippen LogP contribution in [-0.2, 0) is 9.84 Å². The van der Waals surface area contributed by atoms with Crippen molar-refractivity contribution in [3.05, 3.63) is 23.5 Å². The molecule has 2 rings (SSSR count). The lowest BCUT2D eigenvalue weighted by atomic mass is 10.2. The van der Waals surface area contributed by atoms with Crippen molar-refractivity contribution in [3.63, 3.8) is 0 Å². The summed E-state index contributed by atoms with van der Waals surface area (Å²) in [6.45, 7) is 4.37. The Balaban J connectivity index is 2.71. The molecule has 0 aliphatic carbocycles. The Labute approximate surface area is 123 Å².